The first-order valence-corrected chi connectivity index (χ1v) is 7.92. The van der Waals surface area contributed by atoms with Gasteiger partial charge in [-0.3, -0.25) is 4.90 Å². The van der Waals surface area contributed by atoms with Crippen LogP contribution in [0.3, 0.4) is 0 Å². The van der Waals surface area contributed by atoms with Gasteiger partial charge in [0.15, 0.2) is 0 Å². The summed E-state index contributed by atoms with van der Waals surface area (Å²) < 4.78 is 13.8. The number of hydrogen-bond acceptors (Lipinski definition) is 3. The number of aryl methyl sites for hydroxylation is 1. The number of benzene rings is 1. The van der Waals surface area contributed by atoms with Crippen LogP contribution in [-0.2, 0) is 0 Å². The molecule has 3 nitrogen and oxygen atoms in total. The van der Waals surface area contributed by atoms with Crippen molar-refractivity contribution >= 4 is 5.69 Å². The molecule has 2 heterocycles. The van der Waals surface area contributed by atoms with Gasteiger partial charge >= 0.3 is 0 Å². The van der Waals surface area contributed by atoms with Crippen LogP contribution >= 0.6 is 0 Å². The van der Waals surface area contributed by atoms with Crippen LogP contribution in [0.2, 0.25) is 0 Å². The molecule has 0 amide bonds. The van der Waals surface area contributed by atoms with Crippen LogP contribution in [0, 0.1) is 12.7 Å². The summed E-state index contributed by atoms with van der Waals surface area (Å²) in [6.45, 7) is 5.46. The van der Waals surface area contributed by atoms with Crippen molar-refractivity contribution in [2.45, 2.75) is 51.3 Å². The maximum Gasteiger partial charge on any atom is 0.126 e. The number of nitrogens with zero attached hydrogens (tertiary/aromatic N) is 2. The van der Waals surface area contributed by atoms with Gasteiger partial charge in [-0.2, -0.15) is 0 Å². The molecule has 2 fully saturated rings. The molecule has 1 aromatic rings. The average molecular weight is 292 g/mol. The number of hydrogen-bond donors (Lipinski definition) is 1. The highest BCUT2D eigenvalue weighted by Crippen LogP contribution is 2.34. The SMILES string of the molecule is Cc1cc(N2CCC3CCC(C2)N3C)c(C(C)O)cc1F. The molecule has 4 heteroatoms. The molecule has 0 saturated carbocycles. The third kappa shape index (κ3) is 2.67. The number of likely N-dealkylation sites (N-methyl/N-ethyl adjacent to an activating group) is 1. The predicted octanol–water partition coefficient (Wildman–Crippen LogP) is 2.86. The Morgan fingerprint density at radius 3 is 2.67 bits per heavy atom. The van der Waals surface area contributed by atoms with E-state index in [0.717, 1.165) is 25.2 Å². The minimum absolute atomic E-state index is 0.233. The van der Waals surface area contributed by atoms with Crippen molar-refractivity contribution in [1.29, 1.82) is 0 Å². The van der Waals surface area contributed by atoms with Crippen LogP contribution < -0.4 is 4.90 Å². The monoisotopic (exact) mass is 292 g/mol. The summed E-state index contributed by atoms with van der Waals surface area (Å²) >= 11 is 0. The van der Waals surface area contributed by atoms with Gasteiger partial charge in [-0.05, 0) is 57.9 Å². The second kappa shape index (κ2) is 5.58. The Hall–Kier alpha value is -1.13. The summed E-state index contributed by atoms with van der Waals surface area (Å²) in [4.78, 5) is 4.84. The molecular formula is C17H25FN2O. The lowest BCUT2D eigenvalue weighted by molar-refractivity contribution is 0.199. The first kappa shape index (κ1) is 14.8. The minimum Gasteiger partial charge on any atom is -0.389 e. The van der Waals surface area contributed by atoms with Crippen LogP contribution in [0.5, 0.6) is 0 Å². The van der Waals surface area contributed by atoms with Gasteiger partial charge in [-0.1, -0.05) is 0 Å². The van der Waals surface area contributed by atoms with Crippen LogP contribution in [0.1, 0.15) is 43.4 Å². The Kier molecular flexibility index (Phi) is 3.93. The van der Waals surface area contributed by atoms with E-state index < -0.39 is 6.10 Å². The standard InChI is InChI=1S/C17H25FN2O/c1-11-8-17(15(12(2)21)9-16(11)18)20-7-6-13-4-5-14(10-20)19(13)3/h8-9,12-14,21H,4-7,10H2,1-3H3. The van der Waals surface area contributed by atoms with E-state index in [4.69, 9.17) is 0 Å². The van der Waals surface area contributed by atoms with Gasteiger partial charge in [0, 0.05) is 36.4 Å². The Morgan fingerprint density at radius 1 is 1.24 bits per heavy atom. The average Bonchev–Trinajstić information content (AvgIpc) is 2.66. The molecule has 116 valence electrons. The highest BCUT2D eigenvalue weighted by Gasteiger charge is 2.35. The Labute approximate surface area is 126 Å². The first-order valence-electron chi connectivity index (χ1n) is 7.92. The molecule has 0 radical (unpaired) electrons. The molecule has 3 atom stereocenters. The van der Waals surface area contributed by atoms with Crippen LogP contribution in [0.25, 0.3) is 0 Å². The van der Waals surface area contributed by atoms with Crippen LogP contribution in [-0.4, -0.2) is 42.2 Å². The van der Waals surface area contributed by atoms with E-state index in [-0.39, 0.29) is 5.82 Å². The Bertz CT molecular complexity index is 532. The lowest BCUT2D eigenvalue weighted by Gasteiger charge is -2.30. The first-order chi connectivity index (χ1) is 9.97. The quantitative estimate of drug-likeness (QED) is 0.908. The molecule has 3 unspecified atom stereocenters. The second-order valence-corrected chi connectivity index (χ2v) is 6.62. The lowest BCUT2D eigenvalue weighted by Crippen LogP contribution is -2.37. The van der Waals surface area contributed by atoms with Crippen molar-refractivity contribution < 1.29 is 9.50 Å². The molecule has 0 aliphatic carbocycles. The molecule has 0 aromatic heterocycles. The summed E-state index contributed by atoms with van der Waals surface area (Å²) in [6.07, 6.45) is 3.03. The topological polar surface area (TPSA) is 26.7 Å². The maximum absolute atomic E-state index is 13.8. The molecule has 2 saturated heterocycles. The second-order valence-electron chi connectivity index (χ2n) is 6.62. The summed E-state index contributed by atoms with van der Waals surface area (Å²) in [7, 11) is 2.22. The fraction of sp³-hybridized carbons (Fsp3) is 0.647. The van der Waals surface area contributed by atoms with Crippen molar-refractivity contribution in [3.05, 3.63) is 29.1 Å². The Balaban J connectivity index is 1.94. The van der Waals surface area contributed by atoms with Crippen molar-refractivity contribution in [3.8, 4) is 0 Å². The minimum atomic E-state index is -0.645. The predicted molar refractivity (Wildman–Crippen MR) is 83.2 cm³/mol. The number of anilines is 1. The van der Waals surface area contributed by atoms with Crippen molar-refractivity contribution in [1.82, 2.24) is 4.90 Å². The summed E-state index contributed by atoms with van der Waals surface area (Å²) in [5.74, 6) is -0.233. The third-order valence-electron chi connectivity index (χ3n) is 5.25. The number of fused-ring (bicyclic) bond motifs is 2. The fourth-order valence-corrected chi connectivity index (χ4v) is 3.82. The van der Waals surface area contributed by atoms with E-state index in [0.29, 0.717) is 23.2 Å². The summed E-state index contributed by atoms with van der Waals surface area (Å²) in [6, 6.07) is 4.65. The van der Waals surface area contributed by atoms with E-state index in [9.17, 15) is 9.50 Å². The molecule has 1 N–H and O–H groups in total. The maximum atomic E-state index is 13.8. The van der Waals surface area contributed by atoms with E-state index in [1.165, 1.54) is 18.9 Å². The van der Waals surface area contributed by atoms with Crippen LogP contribution in [0.4, 0.5) is 10.1 Å². The van der Waals surface area contributed by atoms with Gasteiger partial charge in [0.25, 0.3) is 0 Å². The molecule has 3 rings (SSSR count). The molecule has 21 heavy (non-hydrogen) atoms. The van der Waals surface area contributed by atoms with E-state index >= 15 is 0 Å². The molecule has 1 aromatic carbocycles. The Morgan fingerprint density at radius 2 is 1.95 bits per heavy atom. The van der Waals surface area contributed by atoms with Crippen molar-refractivity contribution in [3.63, 3.8) is 0 Å². The van der Waals surface area contributed by atoms with Gasteiger partial charge in [0.1, 0.15) is 5.82 Å². The normalized spacial score (nSPS) is 27.8. The summed E-state index contributed by atoms with van der Waals surface area (Å²) in [5.41, 5.74) is 2.36. The fourth-order valence-electron chi connectivity index (χ4n) is 3.82. The molecular weight excluding hydrogens is 267 g/mol. The number of rotatable bonds is 2. The van der Waals surface area contributed by atoms with Gasteiger partial charge in [0.05, 0.1) is 6.10 Å². The number of aliphatic hydroxyl groups excluding tert-OH is 1. The van der Waals surface area contributed by atoms with E-state index in [2.05, 4.69) is 16.8 Å². The zero-order valence-electron chi connectivity index (χ0n) is 13.1. The van der Waals surface area contributed by atoms with Gasteiger partial charge < -0.3 is 10.0 Å². The number of aliphatic hydroxyl groups is 1. The third-order valence-corrected chi connectivity index (χ3v) is 5.25. The zero-order valence-corrected chi connectivity index (χ0v) is 13.1. The molecule has 2 bridgehead atoms. The van der Waals surface area contributed by atoms with E-state index in [1.807, 2.05) is 6.07 Å². The van der Waals surface area contributed by atoms with Gasteiger partial charge in [0.2, 0.25) is 0 Å². The van der Waals surface area contributed by atoms with Crippen molar-refractivity contribution in [2.24, 2.45) is 0 Å². The lowest BCUT2D eigenvalue weighted by atomic mass is 10.0. The molecule has 2 aliphatic rings. The molecule has 0 spiro atoms. The smallest absolute Gasteiger partial charge is 0.126 e. The van der Waals surface area contributed by atoms with E-state index in [1.54, 1.807) is 13.8 Å². The largest absolute Gasteiger partial charge is 0.389 e. The number of halogens is 1. The van der Waals surface area contributed by atoms with Crippen LogP contribution in [0.15, 0.2) is 12.1 Å². The highest BCUT2D eigenvalue weighted by molar-refractivity contribution is 5.57. The summed E-state index contributed by atoms with van der Waals surface area (Å²) in [5, 5.41) is 10.0. The zero-order chi connectivity index (χ0) is 15.1. The van der Waals surface area contributed by atoms with Crippen molar-refractivity contribution in [2.75, 3.05) is 25.0 Å². The van der Waals surface area contributed by atoms with Gasteiger partial charge in [-0.25, -0.2) is 4.39 Å². The molecule has 2 aliphatic heterocycles. The highest BCUT2D eigenvalue weighted by atomic mass is 19.1. The van der Waals surface area contributed by atoms with Gasteiger partial charge in [-0.15, -0.1) is 0 Å².